The zero-order valence-corrected chi connectivity index (χ0v) is 18.2. The molecule has 1 fully saturated rings. The van der Waals surface area contributed by atoms with Crippen molar-refractivity contribution in [1.82, 2.24) is 4.90 Å². The molecular weight excluding hydrogens is 414 g/mol. The summed E-state index contributed by atoms with van der Waals surface area (Å²) < 4.78 is 5.13. The number of carbonyl (C=O) groups is 3. The number of benzene rings is 2. The molecule has 1 saturated heterocycles. The first kappa shape index (κ1) is 21.2. The van der Waals surface area contributed by atoms with Gasteiger partial charge in [-0.3, -0.25) is 14.4 Å². The Balaban J connectivity index is 1.52. The number of carbonyl (C=O) groups excluding carboxylic acids is 3. The number of para-hydroxylation sites is 1. The fourth-order valence-corrected chi connectivity index (χ4v) is 5.02. The molecule has 162 valence electrons. The van der Waals surface area contributed by atoms with E-state index in [-0.39, 0.29) is 24.3 Å². The van der Waals surface area contributed by atoms with Crippen LogP contribution >= 0.6 is 11.8 Å². The summed E-state index contributed by atoms with van der Waals surface area (Å²) in [5, 5.41) is 1.95. The quantitative estimate of drug-likeness (QED) is 0.724. The van der Waals surface area contributed by atoms with E-state index in [1.165, 1.54) is 16.7 Å². The van der Waals surface area contributed by atoms with Crippen LogP contribution in [0.15, 0.2) is 53.4 Å². The fraction of sp³-hybridized carbons (Fsp3) is 0.348. The van der Waals surface area contributed by atoms with Gasteiger partial charge in [-0.05, 0) is 55.7 Å². The molecule has 2 aliphatic rings. The van der Waals surface area contributed by atoms with Gasteiger partial charge in [0.15, 0.2) is 5.25 Å². The molecule has 8 heteroatoms. The summed E-state index contributed by atoms with van der Waals surface area (Å²) >= 11 is 1.28. The standard InChI is InChI=1S/C23H25N3O4S/c1-30-17-11-9-16(10-12-17)24-20(27)15-26-18-7-3-4-8-19(18)31-21(23(26)29)22(28)25-13-5-2-6-14-25/h3-4,7-12,21H,2,5-6,13-15H2,1H3,(H,24,27)/t21-/m0/s1. The minimum atomic E-state index is -0.859. The molecule has 0 radical (unpaired) electrons. The number of hydrogen-bond donors (Lipinski definition) is 1. The molecule has 0 spiro atoms. The molecule has 0 aliphatic carbocycles. The number of hydrogen-bond acceptors (Lipinski definition) is 5. The van der Waals surface area contributed by atoms with E-state index in [9.17, 15) is 14.4 Å². The predicted octanol–water partition coefficient (Wildman–Crippen LogP) is 3.15. The van der Waals surface area contributed by atoms with Crippen molar-refractivity contribution in [3.63, 3.8) is 0 Å². The highest BCUT2D eigenvalue weighted by Crippen LogP contribution is 2.40. The van der Waals surface area contributed by atoms with Crippen LogP contribution in [0.3, 0.4) is 0 Å². The molecule has 0 unspecified atom stereocenters. The molecule has 2 aliphatic heterocycles. The van der Waals surface area contributed by atoms with Crippen LogP contribution in [-0.2, 0) is 14.4 Å². The van der Waals surface area contributed by atoms with E-state index >= 15 is 0 Å². The maximum absolute atomic E-state index is 13.3. The monoisotopic (exact) mass is 439 g/mol. The number of ether oxygens (including phenoxy) is 1. The van der Waals surface area contributed by atoms with Gasteiger partial charge in [-0.15, -0.1) is 11.8 Å². The predicted molar refractivity (Wildman–Crippen MR) is 120 cm³/mol. The average Bonchev–Trinajstić information content (AvgIpc) is 2.81. The number of piperidine rings is 1. The van der Waals surface area contributed by atoms with Gasteiger partial charge in [0.2, 0.25) is 11.8 Å². The number of methoxy groups -OCH3 is 1. The highest BCUT2D eigenvalue weighted by Gasteiger charge is 2.40. The summed E-state index contributed by atoms with van der Waals surface area (Å²) in [6.45, 7) is 1.21. The number of thioether (sulfide) groups is 1. The second-order valence-corrected chi connectivity index (χ2v) is 8.70. The Morgan fingerprint density at radius 1 is 1.06 bits per heavy atom. The van der Waals surface area contributed by atoms with Crippen molar-refractivity contribution in [2.45, 2.75) is 29.4 Å². The molecule has 1 N–H and O–H groups in total. The van der Waals surface area contributed by atoms with Crippen LogP contribution in [0.2, 0.25) is 0 Å². The van der Waals surface area contributed by atoms with Gasteiger partial charge in [-0.25, -0.2) is 0 Å². The summed E-state index contributed by atoms with van der Waals surface area (Å²) in [5.74, 6) is -0.146. The smallest absolute Gasteiger partial charge is 0.250 e. The second kappa shape index (κ2) is 9.43. The van der Waals surface area contributed by atoms with Crippen molar-refractivity contribution in [2.75, 3.05) is 37.0 Å². The third-order valence-corrected chi connectivity index (χ3v) is 6.70. The zero-order valence-electron chi connectivity index (χ0n) is 17.4. The molecule has 0 bridgehead atoms. The molecule has 2 aromatic carbocycles. The molecule has 4 rings (SSSR count). The van der Waals surface area contributed by atoms with Crippen molar-refractivity contribution in [1.29, 1.82) is 0 Å². The Bertz CT molecular complexity index is 973. The van der Waals surface area contributed by atoms with Crippen molar-refractivity contribution in [3.8, 4) is 5.75 Å². The van der Waals surface area contributed by atoms with Gasteiger partial charge in [0.1, 0.15) is 12.3 Å². The first-order valence-electron chi connectivity index (χ1n) is 10.4. The third kappa shape index (κ3) is 4.69. The molecular formula is C23H25N3O4S. The lowest BCUT2D eigenvalue weighted by atomic mass is 10.1. The summed E-state index contributed by atoms with van der Waals surface area (Å²) in [4.78, 5) is 43.2. The number of nitrogens with one attached hydrogen (secondary N) is 1. The van der Waals surface area contributed by atoms with Gasteiger partial charge in [0, 0.05) is 23.7 Å². The van der Waals surface area contributed by atoms with Crippen molar-refractivity contribution in [3.05, 3.63) is 48.5 Å². The van der Waals surface area contributed by atoms with E-state index in [4.69, 9.17) is 4.74 Å². The highest BCUT2D eigenvalue weighted by atomic mass is 32.2. The highest BCUT2D eigenvalue weighted by molar-refractivity contribution is 8.01. The van der Waals surface area contributed by atoms with Crippen LogP contribution in [0.5, 0.6) is 5.75 Å². The lowest BCUT2D eigenvalue weighted by Gasteiger charge is -2.36. The second-order valence-electron chi connectivity index (χ2n) is 7.55. The molecule has 2 heterocycles. The van der Waals surface area contributed by atoms with Gasteiger partial charge in [-0.1, -0.05) is 12.1 Å². The average molecular weight is 440 g/mol. The SMILES string of the molecule is COc1ccc(NC(=O)CN2C(=O)[C@H](C(=O)N3CCCCC3)Sc3ccccc32)cc1. The van der Waals surface area contributed by atoms with E-state index in [1.807, 2.05) is 24.3 Å². The molecule has 0 saturated carbocycles. The van der Waals surface area contributed by atoms with E-state index < -0.39 is 5.25 Å². The topological polar surface area (TPSA) is 79.0 Å². The minimum absolute atomic E-state index is 0.161. The van der Waals surface area contributed by atoms with Crippen molar-refractivity contribution in [2.24, 2.45) is 0 Å². The normalized spacial score (nSPS) is 18.4. The molecule has 2 aromatic rings. The van der Waals surface area contributed by atoms with Crippen LogP contribution < -0.4 is 15.0 Å². The summed E-state index contributed by atoms with van der Waals surface area (Å²) in [6.07, 6.45) is 3.03. The lowest BCUT2D eigenvalue weighted by Crippen LogP contribution is -2.52. The van der Waals surface area contributed by atoms with Gasteiger partial charge >= 0.3 is 0 Å². The number of amides is 3. The van der Waals surface area contributed by atoms with Crippen molar-refractivity contribution < 1.29 is 19.1 Å². The van der Waals surface area contributed by atoms with Crippen LogP contribution in [0.4, 0.5) is 11.4 Å². The zero-order chi connectivity index (χ0) is 21.8. The molecule has 31 heavy (non-hydrogen) atoms. The Morgan fingerprint density at radius 3 is 2.48 bits per heavy atom. The van der Waals surface area contributed by atoms with Gasteiger partial charge in [0.25, 0.3) is 5.91 Å². The Hall–Kier alpha value is -3.00. The first-order valence-corrected chi connectivity index (χ1v) is 11.2. The number of fused-ring (bicyclic) bond motifs is 1. The molecule has 7 nitrogen and oxygen atoms in total. The number of nitrogens with zero attached hydrogens (tertiary/aromatic N) is 2. The third-order valence-electron chi connectivity index (χ3n) is 5.46. The number of anilines is 2. The van der Waals surface area contributed by atoms with Crippen LogP contribution in [0, 0.1) is 0 Å². The van der Waals surface area contributed by atoms with Crippen LogP contribution in [0.25, 0.3) is 0 Å². The maximum atomic E-state index is 13.3. The van der Waals surface area contributed by atoms with Crippen LogP contribution in [-0.4, -0.2) is 54.6 Å². The van der Waals surface area contributed by atoms with Crippen molar-refractivity contribution >= 4 is 40.9 Å². The van der Waals surface area contributed by atoms with E-state index in [2.05, 4.69) is 5.32 Å². The molecule has 0 aromatic heterocycles. The molecule has 3 amide bonds. The van der Waals surface area contributed by atoms with E-state index in [0.29, 0.717) is 30.2 Å². The Kier molecular flexibility index (Phi) is 6.46. The van der Waals surface area contributed by atoms with E-state index in [1.54, 1.807) is 36.3 Å². The lowest BCUT2D eigenvalue weighted by molar-refractivity contribution is -0.135. The van der Waals surface area contributed by atoms with Gasteiger partial charge in [0.05, 0.1) is 12.8 Å². The Labute approximate surface area is 185 Å². The fourth-order valence-electron chi connectivity index (χ4n) is 3.84. The van der Waals surface area contributed by atoms with Gasteiger partial charge in [-0.2, -0.15) is 0 Å². The largest absolute Gasteiger partial charge is 0.497 e. The van der Waals surface area contributed by atoms with E-state index in [0.717, 1.165) is 24.2 Å². The summed E-state index contributed by atoms with van der Waals surface area (Å²) in [7, 11) is 1.58. The minimum Gasteiger partial charge on any atom is -0.497 e. The molecule has 1 atom stereocenters. The first-order chi connectivity index (χ1) is 15.1. The maximum Gasteiger partial charge on any atom is 0.250 e. The number of rotatable bonds is 5. The number of likely N-dealkylation sites (tertiary alicyclic amines) is 1. The summed E-state index contributed by atoms with van der Waals surface area (Å²) in [5.41, 5.74) is 1.27. The summed E-state index contributed by atoms with van der Waals surface area (Å²) in [6, 6.07) is 14.4. The Morgan fingerprint density at radius 2 is 1.77 bits per heavy atom. The van der Waals surface area contributed by atoms with Crippen LogP contribution in [0.1, 0.15) is 19.3 Å². The van der Waals surface area contributed by atoms with Gasteiger partial charge < -0.3 is 19.9 Å².